The van der Waals surface area contributed by atoms with Gasteiger partial charge in [-0.2, -0.15) is 0 Å². The van der Waals surface area contributed by atoms with Crippen LogP contribution in [-0.4, -0.2) is 44.2 Å². The van der Waals surface area contributed by atoms with Gasteiger partial charge in [-0.25, -0.2) is 0 Å². The van der Waals surface area contributed by atoms with Crippen LogP contribution in [0.1, 0.15) is 125 Å². The fraction of sp³-hybridized carbons (Fsp3) is 0.618. The van der Waals surface area contributed by atoms with Gasteiger partial charge in [0.05, 0.1) is 25.1 Å². The van der Waals surface area contributed by atoms with Crippen molar-refractivity contribution in [3.05, 3.63) is 46.5 Å². The van der Waals surface area contributed by atoms with Crippen LogP contribution in [0.2, 0.25) is 0 Å². The van der Waals surface area contributed by atoms with E-state index < -0.39 is 0 Å². The standard InChI is InChI=1S/C34H53O4P.Li.H/c1-7-10-13-16-19-36-29-24-30(37-20-17-14-11-8-2)33(31(25-29)38-21-18-15-12-9-3)39-34(35)32-27(5)22-26(4)23-28(32)6;;/h22-25,39H,7-21H2,1-6H3;;. The maximum atomic E-state index is 13.7. The van der Waals surface area contributed by atoms with E-state index in [2.05, 4.69) is 39.8 Å². The quantitative estimate of drug-likeness (QED) is 0.0862. The predicted octanol–water partition coefficient (Wildman–Crippen LogP) is 8.98. The zero-order chi connectivity index (χ0) is 28.5. The van der Waals surface area contributed by atoms with Gasteiger partial charge in [0.25, 0.3) is 0 Å². The Morgan fingerprint density at radius 3 is 1.48 bits per heavy atom. The third-order valence-electron chi connectivity index (χ3n) is 6.96. The van der Waals surface area contributed by atoms with Crippen molar-refractivity contribution in [1.82, 2.24) is 0 Å². The van der Waals surface area contributed by atoms with Crippen molar-refractivity contribution in [3.8, 4) is 17.2 Å². The summed E-state index contributed by atoms with van der Waals surface area (Å²) in [6.07, 6.45) is 13.7. The molecular weight excluding hydrogens is 510 g/mol. The SMILES string of the molecule is CCCCCCOc1cc(OCCCCCC)c(PC(=O)c2c(C)cc(C)cc2C)c(OCCCCCC)c1.[LiH]. The Labute approximate surface area is 258 Å². The van der Waals surface area contributed by atoms with Crippen LogP contribution in [0.3, 0.4) is 0 Å². The molecule has 1 unspecified atom stereocenters. The minimum absolute atomic E-state index is 0. The zero-order valence-corrected chi connectivity index (χ0v) is 26.5. The number of benzene rings is 2. The van der Waals surface area contributed by atoms with Crippen LogP contribution in [0.15, 0.2) is 24.3 Å². The molecule has 1 atom stereocenters. The summed E-state index contributed by atoms with van der Waals surface area (Å²) in [6, 6.07) is 8.15. The molecule has 2 rings (SSSR count). The van der Waals surface area contributed by atoms with Gasteiger partial charge in [0.1, 0.15) is 17.2 Å². The first-order valence-electron chi connectivity index (χ1n) is 15.4. The van der Waals surface area contributed by atoms with Gasteiger partial charge in [0.2, 0.25) is 0 Å². The van der Waals surface area contributed by atoms with E-state index in [1.807, 2.05) is 26.0 Å². The second-order valence-electron chi connectivity index (χ2n) is 10.7. The number of carbonyl (C=O) groups is 1. The number of ether oxygens (including phenoxy) is 3. The second-order valence-corrected chi connectivity index (χ2v) is 12.0. The van der Waals surface area contributed by atoms with Crippen molar-refractivity contribution in [2.75, 3.05) is 19.8 Å². The van der Waals surface area contributed by atoms with Gasteiger partial charge in [-0.15, -0.1) is 0 Å². The Kier molecular flexibility index (Phi) is 19.4. The number of aryl methyl sites for hydroxylation is 3. The summed E-state index contributed by atoms with van der Waals surface area (Å²) in [5.74, 6) is 2.23. The van der Waals surface area contributed by atoms with Crippen molar-refractivity contribution in [3.63, 3.8) is 0 Å². The molecule has 0 saturated carbocycles. The molecule has 40 heavy (non-hydrogen) atoms. The molecular formula is C34H54LiO4P. The molecule has 0 saturated heterocycles. The average molecular weight is 565 g/mol. The molecule has 0 aromatic heterocycles. The monoisotopic (exact) mass is 564 g/mol. The normalized spacial score (nSPS) is 11.1. The van der Waals surface area contributed by atoms with Crippen LogP contribution in [-0.2, 0) is 0 Å². The van der Waals surface area contributed by atoms with Crippen LogP contribution in [0.4, 0.5) is 0 Å². The summed E-state index contributed by atoms with van der Waals surface area (Å²) < 4.78 is 18.9. The molecule has 0 N–H and O–H groups in total. The van der Waals surface area contributed by atoms with Crippen molar-refractivity contribution in [1.29, 1.82) is 0 Å². The average Bonchev–Trinajstić information content (AvgIpc) is 2.89. The van der Waals surface area contributed by atoms with Crippen LogP contribution in [0.25, 0.3) is 0 Å². The first-order valence-corrected chi connectivity index (χ1v) is 16.4. The number of rotatable bonds is 21. The van der Waals surface area contributed by atoms with Crippen LogP contribution >= 0.6 is 8.58 Å². The third-order valence-corrected chi connectivity index (χ3v) is 8.18. The number of hydrogen-bond acceptors (Lipinski definition) is 4. The topological polar surface area (TPSA) is 44.8 Å². The Balaban J connectivity index is 0.00000800. The molecule has 6 heteroatoms. The van der Waals surface area contributed by atoms with Crippen molar-refractivity contribution in [2.45, 2.75) is 119 Å². The number of unbranched alkanes of at least 4 members (excludes halogenated alkanes) is 9. The van der Waals surface area contributed by atoms with Crippen molar-refractivity contribution < 1.29 is 19.0 Å². The Bertz CT molecular complexity index is 949. The Hall–Kier alpha value is -1.46. The van der Waals surface area contributed by atoms with Gasteiger partial charge in [-0.05, 0) is 59.7 Å². The summed E-state index contributed by atoms with van der Waals surface area (Å²) >= 11 is 0. The van der Waals surface area contributed by atoms with Crippen LogP contribution in [0, 0.1) is 20.8 Å². The molecule has 0 heterocycles. The molecule has 0 aliphatic rings. The van der Waals surface area contributed by atoms with E-state index in [1.54, 1.807) is 0 Å². The molecule has 0 aliphatic heterocycles. The van der Waals surface area contributed by atoms with Gasteiger partial charge >= 0.3 is 18.9 Å². The van der Waals surface area contributed by atoms with E-state index in [1.165, 1.54) is 50.5 Å². The van der Waals surface area contributed by atoms with Gasteiger partial charge in [-0.1, -0.05) is 96.3 Å². The first-order chi connectivity index (χ1) is 18.9. The predicted molar refractivity (Wildman–Crippen MR) is 175 cm³/mol. The molecule has 0 aliphatic carbocycles. The first kappa shape index (κ1) is 36.6. The van der Waals surface area contributed by atoms with Gasteiger partial charge in [0.15, 0.2) is 5.52 Å². The Morgan fingerprint density at radius 2 is 1.05 bits per heavy atom. The van der Waals surface area contributed by atoms with Crippen LogP contribution in [0.5, 0.6) is 17.2 Å². The van der Waals surface area contributed by atoms with E-state index in [9.17, 15) is 4.79 Å². The summed E-state index contributed by atoms with van der Waals surface area (Å²) in [4.78, 5) is 13.7. The molecule has 0 radical (unpaired) electrons. The molecule has 0 fully saturated rings. The molecule has 220 valence electrons. The second kappa shape index (κ2) is 21.3. The van der Waals surface area contributed by atoms with Gasteiger partial charge in [-0.3, -0.25) is 4.79 Å². The van der Waals surface area contributed by atoms with Gasteiger partial charge < -0.3 is 14.2 Å². The number of carbonyl (C=O) groups excluding carboxylic acids is 1. The van der Waals surface area contributed by atoms with E-state index in [0.29, 0.717) is 19.8 Å². The molecule has 2 aromatic carbocycles. The van der Waals surface area contributed by atoms with E-state index in [4.69, 9.17) is 14.2 Å². The third kappa shape index (κ3) is 13.0. The summed E-state index contributed by atoms with van der Waals surface area (Å²) in [7, 11) is -0.0785. The van der Waals surface area contributed by atoms with Crippen molar-refractivity contribution >= 4 is 38.3 Å². The fourth-order valence-corrected chi connectivity index (χ4v) is 6.14. The zero-order valence-electron chi connectivity index (χ0n) is 25.5. The van der Waals surface area contributed by atoms with E-state index >= 15 is 0 Å². The van der Waals surface area contributed by atoms with Crippen molar-refractivity contribution in [2.24, 2.45) is 0 Å². The molecule has 0 spiro atoms. The summed E-state index contributed by atoms with van der Waals surface area (Å²) in [5.41, 5.74) is 4.18. The maximum absolute atomic E-state index is 13.7. The summed E-state index contributed by atoms with van der Waals surface area (Å²) in [5, 5.41) is 0.865. The van der Waals surface area contributed by atoms with Gasteiger partial charge in [0, 0.05) is 17.7 Å². The summed E-state index contributed by atoms with van der Waals surface area (Å²) in [6.45, 7) is 14.7. The van der Waals surface area contributed by atoms with E-state index in [-0.39, 0.29) is 33.0 Å². The number of hydrogen-bond donors (Lipinski definition) is 0. The fourth-order valence-electron chi connectivity index (χ4n) is 4.86. The Morgan fingerprint density at radius 1 is 0.625 bits per heavy atom. The molecule has 2 aromatic rings. The molecule has 0 bridgehead atoms. The minimum atomic E-state index is -0.0785. The van der Waals surface area contributed by atoms with E-state index in [0.717, 1.165) is 71.3 Å². The molecule has 0 amide bonds. The van der Waals surface area contributed by atoms with Crippen LogP contribution < -0.4 is 19.5 Å². The molecule has 4 nitrogen and oxygen atoms in total.